The van der Waals surface area contributed by atoms with Gasteiger partial charge in [-0.2, -0.15) is 0 Å². The maximum atomic E-state index is 5.74. The molecule has 2 bridgehead atoms. The molecule has 5 heteroatoms. The second kappa shape index (κ2) is 8.37. The average molecular weight is 509 g/mol. The summed E-state index contributed by atoms with van der Waals surface area (Å²) in [6.07, 6.45) is 6.79. The van der Waals surface area contributed by atoms with Crippen molar-refractivity contribution in [3.8, 4) is 0 Å². The molecule has 0 radical (unpaired) electrons. The molecule has 0 aromatic heterocycles. The standard InChI is InChI=1S/C28H34BrN3O/c29-21-7-3-20(4-8-21)28-26(18-1-2-18)11-12-27(32(28)25-16-33-17-25)19-5-9-24(10-6-19)31-14-22-13-23(15-31)30-22/h3-10,18,22-23,25-28,30H,1-2,11-17H2. The van der Waals surface area contributed by atoms with E-state index in [4.69, 9.17) is 4.74 Å². The number of nitrogens with zero attached hydrogens (tertiary/aromatic N) is 2. The Bertz CT molecular complexity index is 971. The number of ether oxygens (including phenoxy) is 1. The van der Waals surface area contributed by atoms with Crippen molar-refractivity contribution in [2.24, 2.45) is 11.8 Å². The predicted octanol–water partition coefficient (Wildman–Crippen LogP) is 5.30. The van der Waals surface area contributed by atoms with Crippen molar-refractivity contribution in [2.75, 3.05) is 31.2 Å². The fourth-order valence-electron chi connectivity index (χ4n) is 7.02. The zero-order valence-corrected chi connectivity index (χ0v) is 20.8. The highest BCUT2D eigenvalue weighted by Crippen LogP contribution is 2.55. The lowest BCUT2D eigenvalue weighted by Gasteiger charge is -2.53. The third kappa shape index (κ3) is 3.85. The van der Waals surface area contributed by atoms with E-state index in [0.717, 1.165) is 38.1 Å². The van der Waals surface area contributed by atoms with Gasteiger partial charge in [0, 0.05) is 47.4 Å². The summed E-state index contributed by atoms with van der Waals surface area (Å²) in [6, 6.07) is 21.7. The van der Waals surface area contributed by atoms with E-state index in [0.29, 0.717) is 30.2 Å². The van der Waals surface area contributed by atoms with Gasteiger partial charge in [-0.25, -0.2) is 0 Å². The quantitative estimate of drug-likeness (QED) is 0.593. The Morgan fingerprint density at radius 3 is 2.09 bits per heavy atom. The summed E-state index contributed by atoms with van der Waals surface area (Å²) >= 11 is 3.65. The van der Waals surface area contributed by atoms with Crippen LogP contribution < -0.4 is 10.2 Å². The Morgan fingerprint density at radius 2 is 1.48 bits per heavy atom. The summed E-state index contributed by atoms with van der Waals surface area (Å²) in [7, 11) is 0. The van der Waals surface area contributed by atoms with Gasteiger partial charge >= 0.3 is 0 Å². The highest BCUT2D eigenvalue weighted by Gasteiger charge is 2.48. The van der Waals surface area contributed by atoms with Crippen LogP contribution in [0.4, 0.5) is 5.69 Å². The molecule has 0 amide bonds. The minimum absolute atomic E-state index is 0.480. The van der Waals surface area contributed by atoms with Gasteiger partial charge in [0.1, 0.15) is 0 Å². The van der Waals surface area contributed by atoms with E-state index >= 15 is 0 Å². The van der Waals surface area contributed by atoms with E-state index in [-0.39, 0.29) is 0 Å². The number of hydrogen-bond acceptors (Lipinski definition) is 4. The Hall–Kier alpha value is -1.40. The molecular formula is C28H34BrN3O. The molecule has 1 saturated carbocycles. The summed E-state index contributed by atoms with van der Waals surface area (Å²) in [6.45, 7) is 4.06. The van der Waals surface area contributed by atoms with Gasteiger partial charge in [-0.05, 0) is 79.3 Å². The summed E-state index contributed by atoms with van der Waals surface area (Å²) < 4.78 is 6.91. The minimum atomic E-state index is 0.480. The number of nitrogens with one attached hydrogen (secondary N) is 1. The largest absolute Gasteiger partial charge is 0.378 e. The van der Waals surface area contributed by atoms with Crippen LogP contribution in [-0.2, 0) is 4.74 Å². The number of fused-ring (bicyclic) bond motifs is 2. The molecule has 5 aliphatic heterocycles. The molecule has 5 saturated heterocycles. The van der Waals surface area contributed by atoms with Crippen molar-refractivity contribution in [1.29, 1.82) is 0 Å². The van der Waals surface area contributed by atoms with Crippen LogP contribution >= 0.6 is 15.9 Å². The third-order valence-electron chi connectivity index (χ3n) is 8.91. The van der Waals surface area contributed by atoms with Gasteiger partial charge in [0.05, 0.1) is 19.3 Å². The van der Waals surface area contributed by atoms with Gasteiger partial charge in [-0.15, -0.1) is 0 Å². The Kier molecular flexibility index (Phi) is 5.31. The average Bonchev–Trinajstić information content (AvgIpc) is 3.64. The van der Waals surface area contributed by atoms with E-state index in [1.807, 2.05) is 0 Å². The zero-order chi connectivity index (χ0) is 21.9. The highest BCUT2D eigenvalue weighted by molar-refractivity contribution is 9.10. The normalized spacial score (nSPS) is 34.6. The highest BCUT2D eigenvalue weighted by atomic mass is 79.9. The maximum absolute atomic E-state index is 5.74. The number of piperazine rings is 1. The SMILES string of the molecule is Brc1ccc(C2C(C3CC3)CCC(c3ccc(N4CC5CC(C4)N5)cc3)N2C2COC2)cc1. The van der Waals surface area contributed by atoms with Gasteiger partial charge in [-0.1, -0.05) is 40.2 Å². The van der Waals surface area contributed by atoms with E-state index in [1.54, 1.807) is 0 Å². The number of benzene rings is 2. The first-order valence-corrected chi connectivity index (χ1v) is 13.7. The van der Waals surface area contributed by atoms with E-state index < -0.39 is 0 Å². The Morgan fingerprint density at radius 1 is 0.818 bits per heavy atom. The number of piperidine rings is 2. The van der Waals surface area contributed by atoms with Gasteiger partial charge in [0.15, 0.2) is 0 Å². The fraction of sp³-hybridized carbons (Fsp3) is 0.571. The monoisotopic (exact) mass is 507 g/mol. The van der Waals surface area contributed by atoms with Crippen LogP contribution in [0.3, 0.4) is 0 Å². The van der Waals surface area contributed by atoms with Crippen molar-refractivity contribution in [1.82, 2.24) is 10.2 Å². The van der Waals surface area contributed by atoms with E-state index in [1.165, 1.54) is 53.4 Å². The number of halogens is 1. The first-order valence-electron chi connectivity index (χ1n) is 12.9. The molecule has 0 spiro atoms. The number of likely N-dealkylation sites (tertiary alicyclic amines) is 1. The molecule has 5 heterocycles. The van der Waals surface area contributed by atoms with Gasteiger partial charge in [0.2, 0.25) is 0 Å². The second-order valence-electron chi connectivity index (χ2n) is 11.0. The number of hydrogen-bond donors (Lipinski definition) is 1. The fourth-order valence-corrected chi connectivity index (χ4v) is 7.28. The van der Waals surface area contributed by atoms with E-state index in [9.17, 15) is 0 Å². The van der Waals surface area contributed by atoms with Crippen LogP contribution in [-0.4, -0.2) is 49.3 Å². The molecule has 6 fully saturated rings. The topological polar surface area (TPSA) is 27.7 Å². The summed E-state index contributed by atoms with van der Waals surface area (Å²) in [5.41, 5.74) is 4.37. The molecule has 5 atom stereocenters. The van der Waals surface area contributed by atoms with Crippen LogP contribution in [0.2, 0.25) is 0 Å². The Balaban J connectivity index is 1.20. The molecule has 2 aromatic carbocycles. The van der Waals surface area contributed by atoms with Crippen molar-refractivity contribution in [3.63, 3.8) is 0 Å². The molecule has 1 N–H and O–H groups in total. The first-order chi connectivity index (χ1) is 16.2. The number of rotatable bonds is 5. The van der Waals surface area contributed by atoms with Crippen LogP contribution in [0, 0.1) is 11.8 Å². The second-order valence-corrected chi connectivity index (χ2v) is 11.9. The smallest absolute Gasteiger partial charge is 0.0645 e. The van der Waals surface area contributed by atoms with Crippen LogP contribution in [0.25, 0.3) is 0 Å². The van der Waals surface area contributed by atoms with E-state index in [2.05, 4.69) is 79.6 Å². The lowest BCUT2D eigenvalue weighted by molar-refractivity contribution is -0.123. The predicted molar refractivity (Wildman–Crippen MR) is 136 cm³/mol. The van der Waals surface area contributed by atoms with Crippen molar-refractivity contribution in [2.45, 2.75) is 62.3 Å². The third-order valence-corrected chi connectivity index (χ3v) is 9.43. The molecule has 2 aromatic rings. The molecule has 8 rings (SSSR count). The molecule has 1 aliphatic carbocycles. The summed E-state index contributed by atoms with van der Waals surface area (Å²) in [5, 5.41) is 3.65. The first kappa shape index (κ1) is 20.9. The van der Waals surface area contributed by atoms with Crippen LogP contribution in [0.1, 0.15) is 55.3 Å². The molecule has 33 heavy (non-hydrogen) atoms. The van der Waals surface area contributed by atoms with Gasteiger partial charge in [-0.3, -0.25) is 4.90 Å². The molecular weight excluding hydrogens is 474 g/mol. The van der Waals surface area contributed by atoms with Crippen molar-refractivity contribution in [3.05, 3.63) is 64.1 Å². The Labute approximate surface area is 205 Å². The molecule has 174 valence electrons. The maximum Gasteiger partial charge on any atom is 0.0645 e. The van der Waals surface area contributed by atoms with Gasteiger partial charge < -0.3 is 15.0 Å². The van der Waals surface area contributed by atoms with Crippen LogP contribution in [0.5, 0.6) is 0 Å². The molecule has 5 unspecified atom stereocenters. The minimum Gasteiger partial charge on any atom is -0.378 e. The van der Waals surface area contributed by atoms with Gasteiger partial charge in [0.25, 0.3) is 0 Å². The van der Waals surface area contributed by atoms with Crippen molar-refractivity contribution >= 4 is 21.6 Å². The van der Waals surface area contributed by atoms with Crippen molar-refractivity contribution < 1.29 is 4.74 Å². The zero-order valence-electron chi connectivity index (χ0n) is 19.2. The summed E-state index contributed by atoms with van der Waals surface area (Å²) in [5.74, 6) is 1.68. The number of anilines is 1. The lowest BCUT2D eigenvalue weighted by Crippen LogP contribution is -2.67. The molecule has 6 aliphatic rings. The van der Waals surface area contributed by atoms with Crippen LogP contribution in [0.15, 0.2) is 53.0 Å². The lowest BCUT2D eigenvalue weighted by atomic mass is 9.76. The molecule has 4 nitrogen and oxygen atoms in total. The summed E-state index contributed by atoms with van der Waals surface area (Å²) in [4.78, 5) is 5.44.